The number of aliphatic carboxylic acids is 1. The highest BCUT2D eigenvalue weighted by Crippen LogP contribution is 2.36. The molecule has 1 aromatic heterocycles. The van der Waals surface area contributed by atoms with Crippen LogP contribution in [0.1, 0.15) is 31.7 Å². The number of alkyl halides is 3. The van der Waals surface area contributed by atoms with Gasteiger partial charge in [0.2, 0.25) is 0 Å². The Morgan fingerprint density at radius 2 is 2.28 bits per heavy atom. The van der Waals surface area contributed by atoms with E-state index in [4.69, 9.17) is 9.84 Å². The van der Waals surface area contributed by atoms with E-state index < -0.39 is 23.3 Å². The number of anilines is 1. The number of aromatic amines is 1. The Morgan fingerprint density at radius 3 is 2.92 bits per heavy atom. The minimum absolute atomic E-state index is 0.0371. The number of aromatic nitrogens is 2. The lowest BCUT2D eigenvalue weighted by atomic mass is 10.1. The van der Waals surface area contributed by atoms with Gasteiger partial charge in [-0.05, 0) is 18.8 Å². The van der Waals surface area contributed by atoms with Gasteiger partial charge in [-0.2, -0.15) is 18.3 Å². The molecule has 2 N–H and O–H groups in total. The van der Waals surface area contributed by atoms with Crippen molar-refractivity contribution < 1.29 is 27.8 Å². The van der Waals surface area contributed by atoms with E-state index in [1.54, 1.807) is 6.92 Å². The third-order valence-corrected chi connectivity index (χ3v) is 4.04. The fourth-order valence-corrected chi connectivity index (χ4v) is 2.97. The molecule has 0 bridgehead atoms. The molecule has 1 aliphatic heterocycles. The van der Waals surface area contributed by atoms with E-state index >= 15 is 0 Å². The standard InChI is InChI=1S/C15H20F3N3O4/c1-9(5-12(22)23)7-25-8-10-3-2-4-21(10)11-6-19-20-14(24)13(11)15(16,17)18/h6,9-10H,2-5,7-8H2,1H3,(H,20,24)(H,22,23)/t9?,10-/m0/s1. The van der Waals surface area contributed by atoms with E-state index in [9.17, 15) is 22.8 Å². The summed E-state index contributed by atoms with van der Waals surface area (Å²) < 4.78 is 45.1. The summed E-state index contributed by atoms with van der Waals surface area (Å²) in [5.41, 5.74) is -2.78. The van der Waals surface area contributed by atoms with Crippen LogP contribution in [0.25, 0.3) is 0 Å². The second-order valence-corrected chi connectivity index (χ2v) is 6.19. The van der Waals surface area contributed by atoms with E-state index in [-0.39, 0.29) is 37.3 Å². The van der Waals surface area contributed by atoms with Gasteiger partial charge in [0.1, 0.15) is 5.56 Å². The molecule has 0 aromatic carbocycles. The fraction of sp³-hybridized carbons (Fsp3) is 0.667. The summed E-state index contributed by atoms with van der Waals surface area (Å²) in [5.74, 6) is -1.12. The summed E-state index contributed by atoms with van der Waals surface area (Å²) in [7, 11) is 0. The van der Waals surface area contributed by atoms with Crippen LogP contribution >= 0.6 is 0 Å². The van der Waals surface area contributed by atoms with Crippen molar-refractivity contribution >= 4 is 11.7 Å². The van der Waals surface area contributed by atoms with Crippen LogP contribution in [-0.2, 0) is 15.7 Å². The Morgan fingerprint density at radius 1 is 1.56 bits per heavy atom. The predicted octanol–water partition coefficient (Wildman–Crippen LogP) is 1.88. The summed E-state index contributed by atoms with van der Waals surface area (Å²) in [6, 6.07) is -0.318. The highest BCUT2D eigenvalue weighted by molar-refractivity contribution is 5.66. The lowest BCUT2D eigenvalue weighted by Crippen LogP contribution is -2.37. The molecule has 0 aliphatic carbocycles. The molecule has 7 nitrogen and oxygen atoms in total. The van der Waals surface area contributed by atoms with Gasteiger partial charge >= 0.3 is 12.1 Å². The molecule has 2 heterocycles. The molecule has 1 unspecified atom stereocenters. The average Bonchev–Trinajstić information content (AvgIpc) is 2.93. The quantitative estimate of drug-likeness (QED) is 0.768. The number of carboxylic acid groups (broad SMARTS) is 1. The SMILES string of the molecule is CC(COC[C@@H]1CCCN1c1cn[nH]c(=O)c1C(F)(F)F)CC(=O)O. The largest absolute Gasteiger partial charge is 0.481 e. The molecule has 25 heavy (non-hydrogen) atoms. The molecule has 1 saturated heterocycles. The van der Waals surface area contributed by atoms with E-state index in [1.165, 1.54) is 4.90 Å². The maximum Gasteiger partial charge on any atom is 0.423 e. The zero-order chi connectivity index (χ0) is 18.6. The smallest absolute Gasteiger partial charge is 0.423 e. The summed E-state index contributed by atoms with van der Waals surface area (Å²) in [5, 5.41) is 14.0. The van der Waals surface area contributed by atoms with E-state index in [0.717, 1.165) is 6.20 Å². The topological polar surface area (TPSA) is 95.5 Å². The molecule has 0 spiro atoms. The van der Waals surface area contributed by atoms with E-state index in [2.05, 4.69) is 5.10 Å². The van der Waals surface area contributed by atoms with E-state index in [0.29, 0.717) is 19.4 Å². The maximum absolute atomic E-state index is 13.2. The first-order valence-corrected chi connectivity index (χ1v) is 7.91. The van der Waals surface area contributed by atoms with Crippen LogP contribution < -0.4 is 10.5 Å². The Labute approximate surface area is 141 Å². The number of halogens is 3. The average molecular weight is 363 g/mol. The highest BCUT2D eigenvalue weighted by Gasteiger charge is 2.40. The molecule has 0 radical (unpaired) electrons. The molecule has 1 fully saturated rings. The van der Waals surface area contributed by atoms with Gasteiger partial charge in [-0.3, -0.25) is 9.59 Å². The van der Waals surface area contributed by atoms with Crippen molar-refractivity contribution in [3.05, 3.63) is 22.1 Å². The van der Waals surface area contributed by atoms with Crippen LogP contribution in [0, 0.1) is 5.92 Å². The molecule has 140 valence electrons. The number of nitrogens with zero attached hydrogens (tertiary/aromatic N) is 2. The van der Waals surface area contributed by atoms with Gasteiger partial charge in [-0.1, -0.05) is 6.92 Å². The third kappa shape index (κ3) is 4.94. The van der Waals surface area contributed by atoms with Crippen molar-refractivity contribution in [1.29, 1.82) is 0 Å². The minimum Gasteiger partial charge on any atom is -0.481 e. The van der Waals surface area contributed by atoms with Crippen LogP contribution in [0.3, 0.4) is 0 Å². The molecular weight excluding hydrogens is 343 g/mol. The van der Waals surface area contributed by atoms with Crippen molar-refractivity contribution in [3.63, 3.8) is 0 Å². The highest BCUT2D eigenvalue weighted by atomic mass is 19.4. The van der Waals surface area contributed by atoms with Gasteiger partial charge in [0.15, 0.2) is 0 Å². The molecule has 10 heteroatoms. The summed E-state index contributed by atoms with van der Waals surface area (Å²) >= 11 is 0. The number of hydrogen-bond acceptors (Lipinski definition) is 5. The number of rotatable bonds is 7. The Kier molecular flexibility index (Phi) is 6.04. The molecule has 2 rings (SSSR count). The molecule has 1 aromatic rings. The predicted molar refractivity (Wildman–Crippen MR) is 82.5 cm³/mol. The monoisotopic (exact) mass is 363 g/mol. The van der Waals surface area contributed by atoms with Crippen molar-refractivity contribution in [2.45, 2.75) is 38.4 Å². The Balaban J connectivity index is 2.08. The first kappa shape index (κ1) is 19.2. The van der Waals surface area contributed by atoms with Gasteiger partial charge in [0.05, 0.1) is 31.0 Å². The second kappa shape index (κ2) is 7.85. The van der Waals surface area contributed by atoms with Gasteiger partial charge in [-0.15, -0.1) is 0 Å². The second-order valence-electron chi connectivity index (χ2n) is 6.19. The molecule has 2 atom stereocenters. The van der Waals surface area contributed by atoms with Crippen molar-refractivity contribution in [2.24, 2.45) is 5.92 Å². The van der Waals surface area contributed by atoms with Gasteiger partial charge < -0.3 is 14.7 Å². The first-order valence-electron chi connectivity index (χ1n) is 7.91. The summed E-state index contributed by atoms with van der Waals surface area (Å²) in [4.78, 5) is 23.7. The number of carbonyl (C=O) groups is 1. The number of nitrogens with one attached hydrogen (secondary N) is 1. The number of hydrogen-bond donors (Lipinski definition) is 2. The van der Waals surface area contributed by atoms with Crippen molar-refractivity contribution in [1.82, 2.24) is 10.2 Å². The lowest BCUT2D eigenvalue weighted by Gasteiger charge is -2.28. The van der Waals surface area contributed by atoms with Crippen LogP contribution in [0.5, 0.6) is 0 Å². The van der Waals surface area contributed by atoms with Crippen LogP contribution in [0.2, 0.25) is 0 Å². The minimum atomic E-state index is -4.78. The zero-order valence-corrected chi connectivity index (χ0v) is 13.7. The lowest BCUT2D eigenvalue weighted by molar-refractivity contribution is -0.139. The molecule has 1 aliphatic rings. The van der Waals surface area contributed by atoms with Crippen LogP contribution in [0.15, 0.2) is 11.0 Å². The summed E-state index contributed by atoms with van der Waals surface area (Å²) in [6.45, 7) is 2.46. The van der Waals surface area contributed by atoms with Gasteiger partial charge in [-0.25, -0.2) is 5.10 Å². The number of ether oxygens (including phenoxy) is 1. The number of H-pyrrole nitrogens is 1. The molecule has 0 amide bonds. The molecule has 0 saturated carbocycles. The molecular formula is C15H20F3N3O4. The van der Waals surface area contributed by atoms with Crippen LogP contribution in [0.4, 0.5) is 18.9 Å². The first-order chi connectivity index (χ1) is 11.7. The summed E-state index contributed by atoms with van der Waals surface area (Å²) in [6.07, 6.45) is -2.52. The fourth-order valence-electron chi connectivity index (χ4n) is 2.97. The van der Waals surface area contributed by atoms with Crippen LogP contribution in [-0.4, -0.2) is 47.1 Å². The van der Waals surface area contributed by atoms with Gasteiger partial charge in [0.25, 0.3) is 5.56 Å². The number of carboxylic acids is 1. The third-order valence-electron chi connectivity index (χ3n) is 4.04. The zero-order valence-electron chi connectivity index (χ0n) is 13.7. The normalized spacial score (nSPS) is 19.2. The maximum atomic E-state index is 13.2. The van der Waals surface area contributed by atoms with Gasteiger partial charge in [0, 0.05) is 13.2 Å². The van der Waals surface area contributed by atoms with E-state index in [1.807, 2.05) is 5.10 Å². The van der Waals surface area contributed by atoms with Crippen molar-refractivity contribution in [3.8, 4) is 0 Å². The van der Waals surface area contributed by atoms with Crippen molar-refractivity contribution in [2.75, 3.05) is 24.7 Å². The Hall–Kier alpha value is -2.10. The Bertz CT molecular complexity index is 662.